The van der Waals surface area contributed by atoms with Gasteiger partial charge in [-0.15, -0.1) is 0 Å². The fourth-order valence-electron chi connectivity index (χ4n) is 4.19. The molecule has 2 aliphatic carbocycles. The van der Waals surface area contributed by atoms with Crippen molar-refractivity contribution < 1.29 is 9.90 Å². The maximum absolute atomic E-state index is 13.2. The fourth-order valence-corrected chi connectivity index (χ4v) is 4.19. The van der Waals surface area contributed by atoms with Gasteiger partial charge in [0.2, 0.25) is 0 Å². The normalized spacial score (nSPS) is 17.1. The Kier molecular flexibility index (Phi) is 4.48. The van der Waals surface area contributed by atoms with Crippen LogP contribution in [0.4, 0.5) is 0 Å². The van der Waals surface area contributed by atoms with Gasteiger partial charge in [-0.3, -0.25) is 14.2 Å². The Balaban J connectivity index is 1.75. The van der Waals surface area contributed by atoms with Gasteiger partial charge in [-0.25, -0.2) is 0 Å². The first-order valence-electron chi connectivity index (χ1n) is 9.46. The molecule has 0 aliphatic heterocycles. The van der Waals surface area contributed by atoms with E-state index in [0.29, 0.717) is 18.4 Å². The van der Waals surface area contributed by atoms with Gasteiger partial charge in [-0.05, 0) is 67.9 Å². The number of hydrogen-bond donors (Lipinski definition) is 2. The number of rotatable bonds is 4. The number of aromatic nitrogens is 1. The zero-order chi connectivity index (χ0) is 19.0. The van der Waals surface area contributed by atoms with Crippen LogP contribution in [0.15, 0.2) is 47.4 Å². The van der Waals surface area contributed by atoms with Gasteiger partial charge in [-0.2, -0.15) is 0 Å². The number of fused-ring (bicyclic) bond motifs is 1. The minimum atomic E-state index is -0.704. The van der Waals surface area contributed by atoms with E-state index in [0.717, 1.165) is 24.9 Å². The Morgan fingerprint density at radius 3 is 2.74 bits per heavy atom. The number of nitrogens with zero attached hydrogens (tertiary/aromatic N) is 1. The summed E-state index contributed by atoms with van der Waals surface area (Å²) < 4.78 is 1.59. The van der Waals surface area contributed by atoms with Crippen molar-refractivity contribution in [2.45, 2.75) is 44.6 Å². The molecule has 0 fully saturated rings. The van der Waals surface area contributed by atoms with Gasteiger partial charge in [0.05, 0.1) is 17.8 Å². The van der Waals surface area contributed by atoms with Crippen molar-refractivity contribution in [3.63, 3.8) is 0 Å². The monoisotopic (exact) mass is 364 g/mol. The average Bonchev–Trinajstić information content (AvgIpc) is 3.31. The van der Waals surface area contributed by atoms with Gasteiger partial charge in [0.1, 0.15) is 5.56 Å². The van der Waals surface area contributed by atoms with Crippen LogP contribution in [0.1, 0.15) is 46.3 Å². The lowest BCUT2D eigenvalue weighted by molar-refractivity contribution is 0.0843. The number of pyridine rings is 1. The van der Waals surface area contributed by atoms with Gasteiger partial charge in [-0.1, -0.05) is 24.3 Å². The number of amides is 1. The van der Waals surface area contributed by atoms with Crippen LogP contribution in [-0.2, 0) is 12.8 Å². The number of carbonyl (C=O) groups is 1. The molecule has 140 valence electrons. The van der Waals surface area contributed by atoms with Crippen LogP contribution in [0.2, 0.25) is 0 Å². The van der Waals surface area contributed by atoms with Crippen LogP contribution >= 0.6 is 0 Å². The summed E-state index contributed by atoms with van der Waals surface area (Å²) in [7, 11) is 0. The van der Waals surface area contributed by atoms with Crippen molar-refractivity contribution in [1.82, 2.24) is 9.88 Å². The standard InChI is InChI=1S/C22H24N2O3/c1-15-10-13-24(18-9-5-7-16-6-4-8-17(16)18)21(27)19(15)20(26)23-22(14-25)11-2-3-12-22/h2-3,5,7,9-10,13,25H,4,6,8,11-12,14H2,1H3,(H,23,26). The highest BCUT2D eigenvalue weighted by atomic mass is 16.3. The van der Waals surface area contributed by atoms with E-state index >= 15 is 0 Å². The van der Waals surface area contributed by atoms with Crippen molar-refractivity contribution in [1.29, 1.82) is 0 Å². The first-order valence-corrected chi connectivity index (χ1v) is 9.46. The van der Waals surface area contributed by atoms with E-state index in [4.69, 9.17) is 0 Å². The van der Waals surface area contributed by atoms with E-state index < -0.39 is 11.4 Å². The van der Waals surface area contributed by atoms with Crippen molar-refractivity contribution in [2.75, 3.05) is 6.61 Å². The van der Waals surface area contributed by atoms with Gasteiger partial charge in [0, 0.05) is 6.20 Å². The van der Waals surface area contributed by atoms with Crippen LogP contribution in [0.5, 0.6) is 0 Å². The molecule has 0 bridgehead atoms. The highest BCUT2D eigenvalue weighted by molar-refractivity contribution is 5.96. The van der Waals surface area contributed by atoms with E-state index in [1.165, 1.54) is 11.1 Å². The molecule has 1 heterocycles. The molecule has 2 aromatic rings. The third kappa shape index (κ3) is 3.02. The Morgan fingerprint density at radius 2 is 2.00 bits per heavy atom. The Bertz CT molecular complexity index is 980. The van der Waals surface area contributed by atoms with E-state index in [9.17, 15) is 14.7 Å². The summed E-state index contributed by atoms with van der Waals surface area (Å²) in [5.41, 5.74) is 3.11. The number of benzene rings is 1. The van der Waals surface area contributed by atoms with Gasteiger partial charge >= 0.3 is 0 Å². The summed E-state index contributed by atoms with van der Waals surface area (Å²) in [6.45, 7) is 1.62. The van der Waals surface area contributed by atoms with Crippen LogP contribution < -0.4 is 10.9 Å². The Labute approximate surface area is 158 Å². The highest BCUT2D eigenvalue weighted by Gasteiger charge is 2.33. The fraction of sp³-hybridized carbons (Fsp3) is 0.364. The van der Waals surface area contributed by atoms with Crippen molar-refractivity contribution >= 4 is 5.91 Å². The lowest BCUT2D eigenvalue weighted by Gasteiger charge is -2.28. The lowest BCUT2D eigenvalue weighted by atomic mass is 9.97. The molecule has 0 saturated carbocycles. The first-order chi connectivity index (χ1) is 13.0. The second-order valence-corrected chi connectivity index (χ2v) is 7.59. The smallest absolute Gasteiger partial charge is 0.268 e. The molecule has 1 aromatic heterocycles. The zero-order valence-electron chi connectivity index (χ0n) is 15.5. The van der Waals surface area contributed by atoms with E-state index in [1.807, 2.05) is 30.4 Å². The SMILES string of the molecule is Cc1ccn(-c2cccc3c2CCC3)c(=O)c1C(=O)NC1(CO)CC=CC1. The molecule has 0 saturated heterocycles. The minimum Gasteiger partial charge on any atom is -0.394 e. The maximum Gasteiger partial charge on any atom is 0.268 e. The summed E-state index contributed by atoms with van der Waals surface area (Å²) in [5.74, 6) is -0.419. The summed E-state index contributed by atoms with van der Waals surface area (Å²) in [6.07, 6.45) is 9.85. The third-order valence-electron chi connectivity index (χ3n) is 5.77. The van der Waals surface area contributed by atoms with Gasteiger partial charge in [0.25, 0.3) is 11.5 Å². The Hall–Kier alpha value is -2.66. The molecule has 2 aliphatic rings. The predicted molar refractivity (Wildman–Crippen MR) is 104 cm³/mol. The molecule has 5 nitrogen and oxygen atoms in total. The Morgan fingerprint density at radius 1 is 1.22 bits per heavy atom. The number of aryl methyl sites for hydroxylation is 2. The quantitative estimate of drug-likeness (QED) is 0.819. The van der Waals surface area contributed by atoms with Crippen molar-refractivity contribution in [2.24, 2.45) is 0 Å². The molecule has 2 N–H and O–H groups in total. The van der Waals surface area contributed by atoms with E-state index in [-0.39, 0.29) is 17.7 Å². The molecular formula is C22H24N2O3. The van der Waals surface area contributed by atoms with Gasteiger partial charge in [0.15, 0.2) is 0 Å². The third-order valence-corrected chi connectivity index (χ3v) is 5.77. The van der Waals surface area contributed by atoms with Crippen LogP contribution in [0.3, 0.4) is 0 Å². The number of hydrogen-bond acceptors (Lipinski definition) is 3. The molecule has 0 radical (unpaired) electrons. The number of aliphatic hydroxyl groups excluding tert-OH is 1. The first kappa shape index (κ1) is 17.7. The van der Waals surface area contributed by atoms with Crippen LogP contribution in [0.25, 0.3) is 5.69 Å². The van der Waals surface area contributed by atoms with Crippen molar-refractivity contribution in [3.05, 3.63) is 75.2 Å². The average molecular weight is 364 g/mol. The molecule has 0 spiro atoms. The summed E-state index contributed by atoms with van der Waals surface area (Å²) in [6, 6.07) is 7.83. The second kappa shape index (κ2) is 6.82. The molecule has 1 amide bonds. The molecule has 0 atom stereocenters. The summed E-state index contributed by atoms with van der Waals surface area (Å²) in [4.78, 5) is 26.2. The van der Waals surface area contributed by atoms with Crippen molar-refractivity contribution in [3.8, 4) is 5.69 Å². The molecule has 5 heteroatoms. The molecular weight excluding hydrogens is 340 g/mol. The van der Waals surface area contributed by atoms with Gasteiger partial charge < -0.3 is 10.4 Å². The van der Waals surface area contributed by atoms with E-state index in [1.54, 1.807) is 17.7 Å². The zero-order valence-corrected chi connectivity index (χ0v) is 15.5. The molecule has 27 heavy (non-hydrogen) atoms. The molecule has 0 unspecified atom stereocenters. The molecule has 1 aromatic carbocycles. The minimum absolute atomic E-state index is 0.146. The lowest BCUT2D eigenvalue weighted by Crippen LogP contribution is -2.51. The van der Waals surface area contributed by atoms with Crippen LogP contribution in [-0.4, -0.2) is 27.7 Å². The maximum atomic E-state index is 13.2. The topological polar surface area (TPSA) is 71.3 Å². The summed E-state index contributed by atoms with van der Waals surface area (Å²) >= 11 is 0. The predicted octanol–water partition coefficient (Wildman–Crippen LogP) is 2.45. The summed E-state index contributed by atoms with van der Waals surface area (Å²) in [5, 5.41) is 12.7. The molecule has 4 rings (SSSR count). The number of nitrogens with one attached hydrogen (secondary N) is 1. The second-order valence-electron chi connectivity index (χ2n) is 7.59. The number of aliphatic hydroxyl groups is 1. The largest absolute Gasteiger partial charge is 0.394 e. The van der Waals surface area contributed by atoms with Crippen LogP contribution in [0, 0.1) is 6.92 Å². The van der Waals surface area contributed by atoms with E-state index in [2.05, 4.69) is 11.4 Å². The highest BCUT2D eigenvalue weighted by Crippen LogP contribution is 2.27. The number of carbonyl (C=O) groups excluding carboxylic acids is 1.